The number of thioether (sulfide) groups is 1. The zero-order chi connectivity index (χ0) is 11.5. The van der Waals surface area contributed by atoms with Gasteiger partial charge in [0.25, 0.3) is 0 Å². The Hall–Kier alpha value is -0.690. The third kappa shape index (κ3) is 8.31. The Kier molecular flexibility index (Phi) is 9.40. The van der Waals surface area contributed by atoms with Gasteiger partial charge in [-0.15, -0.1) is 0 Å². The van der Waals surface area contributed by atoms with Gasteiger partial charge in [0.05, 0.1) is 6.04 Å². The summed E-state index contributed by atoms with van der Waals surface area (Å²) in [5.74, 6) is 0. The summed E-state index contributed by atoms with van der Waals surface area (Å²) in [6.45, 7) is 4.31. The van der Waals surface area contributed by atoms with Crippen LogP contribution in [0.2, 0.25) is 0 Å². The highest BCUT2D eigenvalue weighted by molar-refractivity contribution is 8.13. The maximum absolute atomic E-state index is 8.47. The van der Waals surface area contributed by atoms with E-state index in [0.29, 0.717) is 6.04 Å². The average Bonchev–Trinajstić information content (AvgIpc) is 2.24. The van der Waals surface area contributed by atoms with E-state index in [1.165, 1.54) is 37.4 Å². The predicted molar refractivity (Wildman–Crippen MR) is 67.9 cm³/mol. The lowest BCUT2D eigenvalue weighted by Crippen LogP contribution is -2.16. The molecule has 0 aromatic carbocycles. The van der Waals surface area contributed by atoms with E-state index in [0.717, 1.165) is 11.6 Å². The summed E-state index contributed by atoms with van der Waals surface area (Å²) in [6.07, 6.45) is 10.0. The summed E-state index contributed by atoms with van der Waals surface area (Å²) in [5.41, 5.74) is 0. The fraction of sp³-hybridized carbons (Fsp3) is 0.818. The van der Waals surface area contributed by atoms with Crippen molar-refractivity contribution in [1.82, 2.24) is 5.32 Å². The molecular formula is C11H21N3S. The van der Waals surface area contributed by atoms with E-state index < -0.39 is 0 Å². The molecule has 0 aliphatic carbocycles. The van der Waals surface area contributed by atoms with Gasteiger partial charge in [0.2, 0.25) is 0 Å². The largest absolute Gasteiger partial charge is 0.272 e. The lowest BCUT2D eigenvalue weighted by molar-refractivity contribution is 0.576. The normalized spacial score (nSPS) is 13.3. The third-order valence-electron chi connectivity index (χ3n) is 2.17. The lowest BCUT2D eigenvalue weighted by atomic mass is 10.1. The second-order valence-corrected chi connectivity index (χ2v) is 4.37. The minimum absolute atomic E-state index is 0.310. The molecule has 0 saturated carbocycles. The predicted octanol–water partition coefficient (Wildman–Crippen LogP) is 3.13. The molecule has 1 unspecified atom stereocenters. The van der Waals surface area contributed by atoms with Crippen LogP contribution in [0.5, 0.6) is 0 Å². The monoisotopic (exact) mass is 227 g/mol. The van der Waals surface area contributed by atoms with Gasteiger partial charge in [-0.05, 0) is 19.6 Å². The minimum atomic E-state index is 0.310. The van der Waals surface area contributed by atoms with Crippen molar-refractivity contribution < 1.29 is 0 Å². The summed E-state index contributed by atoms with van der Waals surface area (Å²) in [6, 6.07) is 0.310. The average molecular weight is 227 g/mol. The Morgan fingerprint density at radius 1 is 1.47 bits per heavy atom. The van der Waals surface area contributed by atoms with E-state index in [-0.39, 0.29) is 0 Å². The Morgan fingerprint density at radius 2 is 2.20 bits per heavy atom. The van der Waals surface area contributed by atoms with E-state index >= 15 is 0 Å². The fourth-order valence-electron chi connectivity index (χ4n) is 1.32. The number of nitrogens with one attached hydrogen (secondary N) is 1. The van der Waals surface area contributed by atoms with Crippen molar-refractivity contribution in [3.63, 3.8) is 0 Å². The van der Waals surface area contributed by atoms with E-state index in [1.807, 2.05) is 12.4 Å². The molecule has 4 heteroatoms. The number of hydrogen-bond donors (Lipinski definition) is 1. The molecular weight excluding hydrogens is 206 g/mol. The van der Waals surface area contributed by atoms with Gasteiger partial charge >= 0.3 is 0 Å². The molecule has 0 aliphatic rings. The van der Waals surface area contributed by atoms with Crippen LogP contribution in [0.25, 0.3) is 0 Å². The zero-order valence-corrected chi connectivity index (χ0v) is 10.7. The molecule has 0 heterocycles. The van der Waals surface area contributed by atoms with Crippen molar-refractivity contribution >= 4 is 16.9 Å². The van der Waals surface area contributed by atoms with Crippen LogP contribution in [0.1, 0.15) is 46.0 Å². The molecule has 1 atom stereocenters. The van der Waals surface area contributed by atoms with Gasteiger partial charge in [-0.25, -0.2) is 0 Å². The van der Waals surface area contributed by atoms with Crippen LogP contribution in [0.4, 0.5) is 0 Å². The number of nitriles is 1. The minimum Gasteiger partial charge on any atom is -0.272 e. The SMILES string of the molecule is CCCCCCC(C)N=C(NC#N)SC. The summed E-state index contributed by atoms with van der Waals surface area (Å²) in [4.78, 5) is 4.43. The molecule has 0 amide bonds. The van der Waals surface area contributed by atoms with Crippen LogP contribution in [-0.4, -0.2) is 17.5 Å². The summed E-state index contributed by atoms with van der Waals surface area (Å²) in [5, 5.41) is 11.8. The maximum atomic E-state index is 8.47. The van der Waals surface area contributed by atoms with Crippen molar-refractivity contribution in [2.24, 2.45) is 4.99 Å². The molecule has 0 aromatic rings. The number of nitrogens with zero attached hydrogens (tertiary/aromatic N) is 2. The highest BCUT2D eigenvalue weighted by Gasteiger charge is 2.01. The number of aliphatic imine (C=N–C) groups is 1. The van der Waals surface area contributed by atoms with Crippen LogP contribution in [0.3, 0.4) is 0 Å². The lowest BCUT2D eigenvalue weighted by Gasteiger charge is -2.07. The highest BCUT2D eigenvalue weighted by Crippen LogP contribution is 2.09. The van der Waals surface area contributed by atoms with Crippen molar-refractivity contribution in [2.45, 2.75) is 52.0 Å². The van der Waals surface area contributed by atoms with Gasteiger partial charge in [-0.3, -0.25) is 10.3 Å². The van der Waals surface area contributed by atoms with Gasteiger partial charge in [0.1, 0.15) is 0 Å². The maximum Gasteiger partial charge on any atom is 0.183 e. The summed E-state index contributed by atoms with van der Waals surface area (Å²) < 4.78 is 0. The van der Waals surface area contributed by atoms with Crippen LogP contribution in [0, 0.1) is 11.5 Å². The van der Waals surface area contributed by atoms with Crippen LogP contribution >= 0.6 is 11.8 Å². The van der Waals surface area contributed by atoms with E-state index in [1.54, 1.807) is 0 Å². The van der Waals surface area contributed by atoms with Crippen molar-refractivity contribution in [3.05, 3.63) is 0 Å². The van der Waals surface area contributed by atoms with Crippen molar-refractivity contribution in [2.75, 3.05) is 6.26 Å². The van der Waals surface area contributed by atoms with Crippen LogP contribution in [0.15, 0.2) is 4.99 Å². The number of amidine groups is 1. The second kappa shape index (κ2) is 9.85. The first-order valence-corrected chi connectivity index (χ1v) is 6.74. The smallest absolute Gasteiger partial charge is 0.183 e. The number of unbranched alkanes of at least 4 members (excludes halogenated alkanes) is 3. The van der Waals surface area contributed by atoms with Gasteiger partial charge in [0, 0.05) is 0 Å². The molecule has 0 aromatic heterocycles. The van der Waals surface area contributed by atoms with Gasteiger partial charge in [-0.1, -0.05) is 44.4 Å². The fourth-order valence-corrected chi connectivity index (χ4v) is 1.75. The topological polar surface area (TPSA) is 48.2 Å². The zero-order valence-electron chi connectivity index (χ0n) is 9.92. The van der Waals surface area contributed by atoms with Crippen LogP contribution in [-0.2, 0) is 0 Å². The molecule has 1 N–H and O–H groups in total. The molecule has 0 radical (unpaired) electrons. The Morgan fingerprint density at radius 3 is 2.73 bits per heavy atom. The first kappa shape index (κ1) is 14.3. The van der Waals surface area contributed by atoms with Gasteiger partial charge in [0.15, 0.2) is 11.4 Å². The molecule has 86 valence electrons. The second-order valence-electron chi connectivity index (χ2n) is 3.57. The van der Waals surface area contributed by atoms with E-state index in [9.17, 15) is 0 Å². The summed E-state index contributed by atoms with van der Waals surface area (Å²) >= 11 is 1.48. The molecule has 3 nitrogen and oxygen atoms in total. The van der Waals surface area contributed by atoms with E-state index in [2.05, 4.69) is 24.2 Å². The highest BCUT2D eigenvalue weighted by atomic mass is 32.2. The molecule has 0 saturated heterocycles. The Bertz CT molecular complexity index is 220. The van der Waals surface area contributed by atoms with Crippen LogP contribution < -0.4 is 5.32 Å². The first-order valence-electron chi connectivity index (χ1n) is 5.51. The van der Waals surface area contributed by atoms with Gasteiger partial charge < -0.3 is 0 Å². The Balaban J connectivity index is 3.78. The quantitative estimate of drug-likeness (QED) is 0.249. The van der Waals surface area contributed by atoms with Crippen molar-refractivity contribution in [3.8, 4) is 6.19 Å². The molecule has 0 rings (SSSR count). The van der Waals surface area contributed by atoms with E-state index in [4.69, 9.17) is 5.26 Å². The molecule has 15 heavy (non-hydrogen) atoms. The number of rotatable bonds is 6. The molecule has 0 aliphatic heterocycles. The number of hydrogen-bond acceptors (Lipinski definition) is 3. The molecule has 0 bridgehead atoms. The molecule has 0 spiro atoms. The standard InChI is InChI=1S/C11H21N3S/c1-4-5-6-7-8-10(2)14-11(15-3)13-9-12/h10H,4-8H2,1-3H3,(H,13,14). The van der Waals surface area contributed by atoms with Gasteiger partial charge in [-0.2, -0.15) is 5.26 Å². The van der Waals surface area contributed by atoms with Crippen molar-refractivity contribution in [1.29, 1.82) is 5.26 Å². The Labute approximate surface area is 97.3 Å². The first-order chi connectivity index (χ1) is 7.24. The summed E-state index contributed by atoms with van der Waals surface area (Å²) in [7, 11) is 0. The molecule has 0 fully saturated rings. The third-order valence-corrected chi connectivity index (χ3v) is 2.76.